The predicted octanol–water partition coefficient (Wildman–Crippen LogP) is 3.66. The van der Waals surface area contributed by atoms with Crippen molar-refractivity contribution in [3.63, 3.8) is 0 Å². The van der Waals surface area contributed by atoms with E-state index in [2.05, 4.69) is 30.9 Å². The SMILES string of the molecule is CN(C)CC12CCC(N(C)CCCCC3(O)CCCC3)(CC1)C2. The molecule has 3 aliphatic rings. The van der Waals surface area contributed by atoms with Crippen LogP contribution in [-0.4, -0.2) is 60.3 Å². The van der Waals surface area contributed by atoms with Gasteiger partial charge in [-0.1, -0.05) is 12.8 Å². The van der Waals surface area contributed by atoms with E-state index >= 15 is 0 Å². The van der Waals surface area contributed by atoms with Crippen molar-refractivity contribution in [1.29, 1.82) is 0 Å². The van der Waals surface area contributed by atoms with E-state index in [9.17, 15) is 5.11 Å². The topological polar surface area (TPSA) is 26.7 Å². The Balaban J connectivity index is 1.43. The standard InChI is InChI=1S/C20H38N2O/c1-21(2)17-18-11-13-19(16-18,14-12-18)22(3)15-7-6-10-20(23)8-4-5-9-20/h23H,4-17H2,1-3H3. The van der Waals surface area contributed by atoms with Crippen molar-refractivity contribution in [2.24, 2.45) is 5.41 Å². The van der Waals surface area contributed by atoms with Crippen LogP contribution in [0.5, 0.6) is 0 Å². The van der Waals surface area contributed by atoms with Gasteiger partial charge < -0.3 is 14.9 Å². The molecule has 0 spiro atoms. The number of fused-ring (bicyclic) bond motifs is 2. The Morgan fingerprint density at radius 2 is 1.52 bits per heavy atom. The quantitative estimate of drug-likeness (QED) is 0.691. The molecule has 134 valence electrons. The summed E-state index contributed by atoms with van der Waals surface area (Å²) >= 11 is 0. The first kappa shape index (κ1) is 17.7. The maximum Gasteiger partial charge on any atom is 0.0647 e. The van der Waals surface area contributed by atoms with E-state index in [-0.39, 0.29) is 5.60 Å². The third-order valence-electron chi connectivity index (χ3n) is 7.33. The van der Waals surface area contributed by atoms with Gasteiger partial charge in [0.05, 0.1) is 5.60 Å². The molecule has 0 aromatic carbocycles. The number of aliphatic hydroxyl groups is 1. The summed E-state index contributed by atoms with van der Waals surface area (Å²) in [6.07, 6.45) is 15.1. The van der Waals surface area contributed by atoms with Gasteiger partial charge in [0.2, 0.25) is 0 Å². The molecule has 3 heteroatoms. The molecule has 0 aromatic rings. The first-order valence-corrected chi connectivity index (χ1v) is 9.96. The summed E-state index contributed by atoms with van der Waals surface area (Å²) in [5.41, 5.74) is 0.801. The van der Waals surface area contributed by atoms with Gasteiger partial charge in [-0.05, 0) is 97.3 Å². The third-order valence-corrected chi connectivity index (χ3v) is 7.33. The molecule has 2 bridgehead atoms. The van der Waals surface area contributed by atoms with Crippen molar-refractivity contribution < 1.29 is 5.11 Å². The van der Waals surface area contributed by atoms with Gasteiger partial charge in [0.1, 0.15) is 0 Å². The highest BCUT2D eigenvalue weighted by atomic mass is 16.3. The lowest BCUT2D eigenvalue weighted by atomic mass is 9.83. The zero-order valence-electron chi connectivity index (χ0n) is 15.7. The first-order chi connectivity index (χ1) is 10.9. The van der Waals surface area contributed by atoms with Gasteiger partial charge in [-0.25, -0.2) is 0 Å². The Morgan fingerprint density at radius 1 is 0.870 bits per heavy atom. The van der Waals surface area contributed by atoms with Crippen LogP contribution in [-0.2, 0) is 0 Å². The maximum atomic E-state index is 10.5. The highest BCUT2D eigenvalue weighted by Gasteiger charge is 2.55. The second-order valence-electron chi connectivity index (χ2n) is 9.45. The van der Waals surface area contributed by atoms with Crippen LogP contribution in [0.3, 0.4) is 0 Å². The van der Waals surface area contributed by atoms with Crippen LogP contribution in [0.4, 0.5) is 0 Å². The summed E-state index contributed by atoms with van der Waals surface area (Å²) in [6, 6.07) is 0. The van der Waals surface area contributed by atoms with Crippen LogP contribution in [0, 0.1) is 5.41 Å². The fourth-order valence-electron chi connectivity index (χ4n) is 6.02. The van der Waals surface area contributed by atoms with Gasteiger partial charge in [-0.2, -0.15) is 0 Å². The molecule has 0 atom stereocenters. The Bertz CT molecular complexity index is 392. The predicted molar refractivity (Wildman–Crippen MR) is 96.7 cm³/mol. The largest absolute Gasteiger partial charge is 0.390 e. The van der Waals surface area contributed by atoms with Crippen molar-refractivity contribution in [1.82, 2.24) is 9.80 Å². The lowest BCUT2D eigenvalue weighted by Gasteiger charge is -2.37. The van der Waals surface area contributed by atoms with Crippen molar-refractivity contribution in [3.05, 3.63) is 0 Å². The van der Waals surface area contributed by atoms with Crippen LogP contribution in [0.2, 0.25) is 0 Å². The molecule has 0 unspecified atom stereocenters. The number of hydrogen-bond acceptors (Lipinski definition) is 3. The van der Waals surface area contributed by atoms with E-state index in [4.69, 9.17) is 0 Å². The molecule has 3 fully saturated rings. The van der Waals surface area contributed by atoms with Crippen molar-refractivity contribution in [3.8, 4) is 0 Å². The van der Waals surface area contributed by atoms with E-state index in [1.807, 2.05) is 0 Å². The minimum Gasteiger partial charge on any atom is -0.390 e. The van der Waals surface area contributed by atoms with Gasteiger partial charge in [-0.3, -0.25) is 0 Å². The van der Waals surface area contributed by atoms with E-state index < -0.39 is 0 Å². The Kier molecular flexibility index (Phi) is 5.11. The van der Waals surface area contributed by atoms with E-state index in [1.54, 1.807) is 0 Å². The molecule has 3 aliphatic carbocycles. The molecule has 0 aliphatic heterocycles. The van der Waals surface area contributed by atoms with Crippen LogP contribution in [0.15, 0.2) is 0 Å². The maximum absolute atomic E-state index is 10.5. The molecule has 1 N–H and O–H groups in total. The molecular formula is C20H38N2O. The molecule has 0 aromatic heterocycles. The molecule has 0 heterocycles. The van der Waals surface area contributed by atoms with Gasteiger partial charge >= 0.3 is 0 Å². The molecule has 0 amide bonds. The fourth-order valence-corrected chi connectivity index (χ4v) is 6.02. The average molecular weight is 323 g/mol. The smallest absolute Gasteiger partial charge is 0.0647 e. The van der Waals surface area contributed by atoms with E-state index in [0.717, 1.165) is 19.3 Å². The van der Waals surface area contributed by atoms with Gasteiger partial charge in [0.15, 0.2) is 0 Å². The number of hydrogen-bond donors (Lipinski definition) is 1. The first-order valence-electron chi connectivity index (χ1n) is 9.96. The lowest BCUT2D eigenvalue weighted by Crippen LogP contribution is -2.43. The van der Waals surface area contributed by atoms with Crippen LogP contribution >= 0.6 is 0 Å². The minimum absolute atomic E-state index is 0.307. The van der Waals surface area contributed by atoms with Crippen molar-refractivity contribution in [2.45, 2.75) is 88.2 Å². The molecule has 23 heavy (non-hydrogen) atoms. The third kappa shape index (κ3) is 3.77. The Morgan fingerprint density at radius 3 is 2.13 bits per heavy atom. The van der Waals surface area contributed by atoms with Gasteiger partial charge in [-0.15, -0.1) is 0 Å². The van der Waals surface area contributed by atoms with Gasteiger partial charge in [0.25, 0.3) is 0 Å². The van der Waals surface area contributed by atoms with Crippen LogP contribution in [0.1, 0.15) is 77.0 Å². The summed E-state index contributed by atoms with van der Waals surface area (Å²) < 4.78 is 0. The fraction of sp³-hybridized carbons (Fsp3) is 1.00. The Hall–Kier alpha value is -0.120. The summed E-state index contributed by atoms with van der Waals surface area (Å²) in [7, 11) is 6.82. The Labute approximate surface area is 143 Å². The molecular weight excluding hydrogens is 284 g/mol. The van der Waals surface area contributed by atoms with Crippen molar-refractivity contribution in [2.75, 3.05) is 34.2 Å². The highest BCUT2D eigenvalue weighted by molar-refractivity contribution is 5.10. The average Bonchev–Trinajstić information content (AvgIpc) is 3.17. The van der Waals surface area contributed by atoms with Crippen LogP contribution < -0.4 is 0 Å². The lowest BCUT2D eigenvalue weighted by molar-refractivity contribution is 0.0343. The number of nitrogens with zero attached hydrogens (tertiary/aromatic N) is 2. The van der Waals surface area contributed by atoms with Crippen LogP contribution in [0.25, 0.3) is 0 Å². The summed E-state index contributed by atoms with van der Waals surface area (Å²) in [4.78, 5) is 5.08. The second-order valence-corrected chi connectivity index (χ2v) is 9.45. The number of rotatable bonds is 8. The van der Waals surface area contributed by atoms with Gasteiger partial charge in [0, 0.05) is 12.1 Å². The highest BCUT2D eigenvalue weighted by Crippen LogP contribution is 2.58. The molecule has 3 saturated carbocycles. The van der Waals surface area contributed by atoms with Crippen molar-refractivity contribution >= 4 is 0 Å². The molecule has 0 saturated heterocycles. The summed E-state index contributed by atoms with van der Waals surface area (Å²) in [6.45, 7) is 2.49. The zero-order valence-corrected chi connectivity index (χ0v) is 15.7. The second kappa shape index (κ2) is 6.65. The zero-order chi connectivity index (χ0) is 16.6. The molecule has 0 radical (unpaired) electrons. The normalized spacial score (nSPS) is 35.7. The molecule has 3 nitrogen and oxygen atoms in total. The summed E-state index contributed by atoms with van der Waals surface area (Å²) in [5, 5.41) is 10.5. The minimum atomic E-state index is -0.307. The monoisotopic (exact) mass is 322 g/mol. The summed E-state index contributed by atoms with van der Waals surface area (Å²) in [5.74, 6) is 0. The van der Waals surface area contributed by atoms with E-state index in [1.165, 1.54) is 70.9 Å². The number of unbranched alkanes of at least 4 members (excludes halogenated alkanes) is 1. The van der Waals surface area contributed by atoms with E-state index in [0.29, 0.717) is 11.0 Å². The molecule has 3 rings (SSSR count).